The van der Waals surface area contributed by atoms with Crippen LogP contribution in [0.5, 0.6) is 5.75 Å². The molecule has 1 rings (SSSR count). The number of carbonyl (C=O) groups excluding carboxylic acids is 2. The number of hydrogen-bond donors (Lipinski definition) is 1. The summed E-state index contributed by atoms with van der Waals surface area (Å²) in [5.74, 6) is 0.870. The molecule has 134 valence electrons. The monoisotopic (exact) mass is 334 g/mol. The third kappa shape index (κ3) is 6.60. The summed E-state index contributed by atoms with van der Waals surface area (Å²) in [4.78, 5) is 25.8. The predicted molar refractivity (Wildman–Crippen MR) is 96.1 cm³/mol. The third-order valence-electron chi connectivity index (χ3n) is 3.70. The van der Waals surface area contributed by atoms with Crippen LogP contribution in [0.1, 0.15) is 37.8 Å². The van der Waals surface area contributed by atoms with Gasteiger partial charge in [-0.05, 0) is 37.8 Å². The van der Waals surface area contributed by atoms with Crippen molar-refractivity contribution in [3.05, 3.63) is 29.3 Å². The second-order valence-electron chi connectivity index (χ2n) is 6.85. The summed E-state index contributed by atoms with van der Waals surface area (Å²) in [6.07, 6.45) is 0.850. The fraction of sp³-hybridized carbons (Fsp3) is 0.579. The van der Waals surface area contributed by atoms with Crippen molar-refractivity contribution in [2.75, 3.05) is 20.7 Å². The molecule has 0 bridgehead atoms. The average molecular weight is 334 g/mol. The molecule has 2 amide bonds. The van der Waals surface area contributed by atoms with Crippen molar-refractivity contribution < 1.29 is 14.3 Å². The van der Waals surface area contributed by atoms with Gasteiger partial charge in [0.05, 0.1) is 13.0 Å². The second kappa shape index (κ2) is 9.30. The summed E-state index contributed by atoms with van der Waals surface area (Å²) >= 11 is 0. The van der Waals surface area contributed by atoms with Gasteiger partial charge in [0.2, 0.25) is 11.8 Å². The first-order chi connectivity index (χ1) is 11.2. The molecule has 0 radical (unpaired) electrons. The molecule has 1 aromatic carbocycles. The summed E-state index contributed by atoms with van der Waals surface area (Å²) in [5.41, 5.74) is 2.23. The smallest absolute Gasteiger partial charge is 0.244 e. The Morgan fingerprint density at radius 2 is 1.88 bits per heavy atom. The van der Waals surface area contributed by atoms with E-state index in [2.05, 4.69) is 5.32 Å². The van der Waals surface area contributed by atoms with Gasteiger partial charge in [0.25, 0.3) is 0 Å². The van der Waals surface area contributed by atoms with Crippen molar-refractivity contribution in [1.29, 1.82) is 0 Å². The maximum absolute atomic E-state index is 12.2. The van der Waals surface area contributed by atoms with E-state index in [0.717, 1.165) is 11.3 Å². The van der Waals surface area contributed by atoms with Crippen LogP contribution < -0.4 is 10.1 Å². The third-order valence-corrected chi connectivity index (χ3v) is 3.70. The lowest BCUT2D eigenvalue weighted by atomic mass is 10.0. The molecule has 0 heterocycles. The maximum Gasteiger partial charge on any atom is 0.244 e. The van der Waals surface area contributed by atoms with Crippen molar-refractivity contribution in [2.24, 2.45) is 5.92 Å². The van der Waals surface area contributed by atoms with Gasteiger partial charge in [-0.15, -0.1) is 0 Å². The van der Waals surface area contributed by atoms with Gasteiger partial charge in [0, 0.05) is 14.1 Å². The SMILES string of the molecule is Cc1ccc(OCCC(=O)N[C@@H](CC(C)C)C(=O)N(C)C)c(C)c1. The van der Waals surface area contributed by atoms with Crippen LogP contribution in [-0.4, -0.2) is 43.5 Å². The zero-order valence-corrected chi connectivity index (χ0v) is 15.7. The van der Waals surface area contributed by atoms with Gasteiger partial charge >= 0.3 is 0 Å². The summed E-state index contributed by atoms with van der Waals surface area (Å²) < 4.78 is 5.68. The van der Waals surface area contributed by atoms with Crippen molar-refractivity contribution in [1.82, 2.24) is 10.2 Å². The number of carbonyl (C=O) groups is 2. The lowest BCUT2D eigenvalue weighted by Crippen LogP contribution is -2.47. The van der Waals surface area contributed by atoms with Crippen LogP contribution in [0.3, 0.4) is 0 Å². The second-order valence-corrected chi connectivity index (χ2v) is 6.85. The molecular weight excluding hydrogens is 304 g/mol. The van der Waals surface area contributed by atoms with E-state index in [-0.39, 0.29) is 18.2 Å². The number of benzene rings is 1. The van der Waals surface area contributed by atoms with Crippen molar-refractivity contribution in [3.63, 3.8) is 0 Å². The quantitative estimate of drug-likeness (QED) is 0.795. The molecule has 0 saturated carbocycles. The first-order valence-electron chi connectivity index (χ1n) is 8.41. The molecule has 0 aliphatic carbocycles. The number of nitrogens with zero attached hydrogens (tertiary/aromatic N) is 1. The van der Waals surface area contributed by atoms with E-state index in [4.69, 9.17) is 4.74 Å². The van der Waals surface area contributed by atoms with Gasteiger partial charge in [-0.3, -0.25) is 9.59 Å². The largest absolute Gasteiger partial charge is 0.493 e. The van der Waals surface area contributed by atoms with Crippen LogP contribution in [0.15, 0.2) is 18.2 Å². The molecule has 1 N–H and O–H groups in total. The van der Waals surface area contributed by atoms with Crippen LogP contribution in [0.25, 0.3) is 0 Å². The normalized spacial score (nSPS) is 12.0. The van der Waals surface area contributed by atoms with E-state index < -0.39 is 6.04 Å². The topological polar surface area (TPSA) is 58.6 Å². The lowest BCUT2D eigenvalue weighted by molar-refractivity contribution is -0.135. The molecule has 0 unspecified atom stereocenters. The van der Waals surface area contributed by atoms with Crippen molar-refractivity contribution in [3.8, 4) is 5.75 Å². The molecule has 5 nitrogen and oxygen atoms in total. The Labute approximate surface area is 145 Å². The van der Waals surface area contributed by atoms with Gasteiger partial charge in [-0.25, -0.2) is 0 Å². The zero-order valence-electron chi connectivity index (χ0n) is 15.7. The fourth-order valence-corrected chi connectivity index (χ4v) is 2.49. The molecule has 0 aromatic heterocycles. The van der Waals surface area contributed by atoms with Crippen LogP contribution >= 0.6 is 0 Å². The molecular formula is C19H30N2O3. The minimum atomic E-state index is -0.478. The number of amides is 2. The Hall–Kier alpha value is -2.04. The van der Waals surface area contributed by atoms with Gasteiger partial charge in [0.15, 0.2) is 0 Å². The van der Waals surface area contributed by atoms with E-state index in [1.54, 1.807) is 14.1 Å². The van der Waals surface area contributed by atoms with Crippen LogP contribution in [0, 0.1) is 19.8 Å². The van der Waals surface area contributed by atoms with E-state index in [0.29, 0.717) is 18.9 Å². The highest BCUT2D eigenvalue weighted by Crippen LogP contribution is 2.18. The van der Waals surface area contributed by atoms with Crippen LogP contribution in [-0.2, 0) is 9.59 Å². The Bertz CT molecular complexity index is 568. The van der Waals surface area contributed by atoms with E-state index in [1.807, 2.05) is 45.9 Å². The zero-order chi connectivity index (χ0) is 18.3. The van der Waals surface area contributed by atoms with E-state index >= 15 is 0 Å². The number of rotatable bonds is 8. The maximum atomic E-state index is 12.2. The molecule has 0 aliphatic heterocycles. The molecule has 24 heavy (non-hydrogen) atoms. The minimum absolute atomic E-state index is 0.0765. The summed E-state index contributed by atoms with van der Waals surface area (Å²) in [5, 5.41) is 2.83. The van der Waals surface area contributed by atoms with E-state index in [9.17, 15) is 9.59 Å². The predicted octanol–water partition coefficient (Wildman–Crippen LogP) is 2.69. The Balaban J connectivity index is 2.52. The number of ether oxygens (including phenoxy) is 1. The molecule has 0 fully saturated rings. The number of likely N-dealkylation sites (N-methyl/N-ethyl adjacent to an activating group) is 1. The molecule has 1 atom stereocenters. The minimum Gasteiger partial charge on any atom is -0.493 e. The van der Waals surface area contributed by atoms with Gasteiger partial charge in [-0.1, -0.05) is 31.5 Å². The molecule has 0 aliphatic rings. The fourth-order valence-electron chi connectivity index (χ4n) is 2.49. The Kier molecular flexibility index (Phi) is 7.75. The van der Waals surface area contributed by atoms with Gasteiger partial charge in [-0.2, -0.15) is 0 Å². The first-order valence-corrected chi connectivity index (χ1v) is 8.41. The summed E-state index contributed by atoms with van der Waals surface area (Å²) in [6.45, 7) is 8.37. The number of aryl methyl sites for hydroxylation is 2. The summed E-state index contributed by atoms with van der Waals surface area (Å²) in [7, 11) is 3.40. The molecule has 1 aromatic rings. The van der Waals surface area contributed by atoms with Crippen molar-refractivity contribution >= 4 is 11.8 Å². The average Bonchev–Trinajstić information content (AvgIpc) is 2.47. The molecule has 5 heteroatoms. The van der Waals surface area contributed by atoms with Gasteiger partial charge in [0.1, 0.15) is 11.8 Å². The standard InChI is InChI=1S/C19H30N2O3/c1-13(2)11-16(19(23)21(5)6)20-18(22)9-10-24-17-8-7-14(3)12-15(17)4/h7-8,12-13,16H,9-11H2,1-6H3,(H,20,22)/t16-/m0/s1. The molecule has 0 saturated heterocycles. The molecule has 0 spiro atoms. The highest BCUT2D eigenvalue weighted by Gasteiger charge is 2.23. The number of hydrogen-bond acceptors (Lipinski definition) is 3. The van der Waals surface area contributed by atoms with Crippen LogP contribution in [0.4, 0.5) is 0 Å². The lowest BCUT2D eigenvalue weighted by Gasteiger charge is -2.23. The van der Waals surface area contributed by atoms with Crippen LogP contribution in [0.2, 0.25) is 0 Å². The van der Waals surface area contributed by atoms with Crippen molar-refractivity contribution in [2.45, 2.75) is 46.6 Å². The highest BCUT2D eigenvalue weighted by molar-refractivity contribution is 5.87. The Morgan fingerprint density at radius 1 is 1.21 bits per heavy atom. The van der Waals surface area contributed by atoms with Gasteiger partial charge < -0.3 is 15.0 Å². The Morgan fingerprint density at radius 3 is 2.42 bits per heavy atom. The number of nitrogens with one attached hydrogen (secondary N) is 1. The summed E-state index contributed by atoms with van der Waals surface area (Å²) in [6, 6.07) is 5.47. The van der Waals surface area contributed by atoms with E-state index in [1.165, 1.54) is 10.5 Å². The highest BCUT2D eigenvalue weighted by atomic mass is 16.5. The first kappa shape index (κ1) is 20.0.